The van der Waals surface area contributed by atoms with Crippen LogP contribution in [0.25, 0.3) is 0 Å². The zero-order valence-corrected chi connectivity index (χ0v) is 10.2. The van der Waals surface area contributed by atoms with Crippen molar-refractivity contribution in [3.05, 3.63) is 10.6 Å². The molecule has 1 aromatic rings. The Morgan fingerprint density at radius 2 is 2.07 bits per heavy atom. The average Bonchev–Trinajstić information content (AvgIpc) is 2.42. The number of aryl methyl sites for hydroxylation is 1. The third-order valence-electron chi connectivity index (χ3n) is 2.17. The number of hydrogen-bond donors (Lipinski definition) is 1. The van der Waals surface area contributed by atoms with E-state index in [4.69, 9.17) is 12.2 Å². The second-order valence-corrected chi connectivity index (χ2v) is 4.94. The van der Waals surface area contributed by atoms with Gasteiger partial charge in [0.05, 0.1) is 0 Å². The van der Waals surface area contributed by atoms with Crippen molar-refractivity contribution in [3.63, 3.8) is 0 Å². The number of H-pyrrole nitrogens is 1. The average molecular weight is 213 g/mol. The van der Waals surface area contributed by atoms with Crippen molar-refractivity contribution in [1.82, 2.24) is 14.8 Å². The minimum atomic E-state index is 0.0210. The Balaban J connectivity index is 3.01. The normalized spacial score (nSPS) is 12.0. The summed E-state index contributed by atoms with van der Waals surface area (Å²) in [6.45, 7) is 8.62. The highest BCUT2D eigenvalue weighted by Gasteiger charge is 2.18. The van der Waals surface area contributed by atoms with Gasteiger partial charge in [0.15, 0.2) is 4.77 Å². The van der Waals surface area contributed by atoms with Crippen LogP contribution in [0.1, 0.15) is 46.4 Å². The van der Waals surface area contributed by atoms with Gasteiger partial charge in [-0.1, -0.05) is 13.3 Å². The van der Waals surface area contributed by atoms with Gasteiger partial charge in [0.1, 0.15) is 5.82 Å². The lowest BCUT2D eigenvalue weighted by molar-refractivity contribution is 0.376. The van der Waals surface area contributed by atoms with E-state index in [9.17, 15) is 0 Å². The molecular weight excluding hydrogens is 194 g/mol. The Hall–Kier alpha value is -0.640. The summed E-state index contributed by atoms with van der Waals surface area (Å²) in [5.74, 6) is 1.07. The van der Waals surface area contributed by atoms with E-state index in [1.807, 2.05) is 0 Å². The Labute approximate surface area is 90.5 Å². The smallest absolute Gasteiger partial charge is 0.195 e. The van der Waals surface area contributed by atoms with Crippen LogP contribution in [0.4, 0.5) is 0 Å². The lowest BCUT2D eigenvalue weighted by atomic mass is 10.1. The van der Waals surface area contributed by atoms with Gasteiger partial charge in [0.2, 0.25) is 0 Å². The van der Waals surface area contributed by atoms with Crippen LogP contribution >= 0.6 is 12.2 Å². The number of aromatic amines is 1. The first-order valence-electron chi connectivity index (χ1n) is 5.13. The Kier molecular flexibility index (Phi) is 3.48. The summed E-state index contributed by atoms with van der Waals surface area (Å²) < 4.78 is 2.83. The molecule has 4 heteroatoms. The summed E-state index contributed by atoms with van der Waals surface area (Å²) in [5, 5.41) is 7.13. The molecular formula is C10H19N3S. The second-order valence-electron chi connectivity index (χ2n) is 4.55. The first-order valence-corrected chi connectivity index (χ1v) is 5.54. The van der Waals surface area contributed by atoms with Gasteiger partial charge < -0.3 is 0 Å². The molecule has 0 fully saturated rings. The molecule has 1 N–H and O–H groups in total. The van der Waals surface area contributed by atoms with E-state index in [0.717, 1.165) is 23.4 Å². The highest BCUT2D eigenvalue weighted by Crippen LogP contribution is 2.17. The molecule has 1 heterocycles. The fraction of sp³-hybridized carbons (Fsp3) is 0.800. The maximum Gasteiger partial charge on any atom is 0.195 e. The second kappa shape index (κ2) is 4.26. The minimum Gasteiger partial charge on any atom is -0.299 e. The maximum atomic E-state index is 5.22. The predicted molar refractivity (Wildman–Crippen MR) is 61.0 cm³/mol. The van der Waals surface area contributed by atoms with Crippen LogP contribution < -0.4 is 0 Å². The van der Waals surface area contributed by atoms with Crippen LogP contribution in [0.15, 0.2) is 0 Å². The Bertz CT molecular complexity index is 343. The minimum absolute atomic E-state index is 0.0210. The van der Waals surface area contributed by atoms with Crippen molar-refractivity contribution in [2.24, 2.45) is 0 Å². The summed E-state index contributed by atoms with van der Waals surface area (Å²) in [5.41, 5.74) is 0.0210. The van der Waals surface area contributed by atoms with Crippen LogP contribution in [0.3, 0.4) is 0 Å². The third-order valence-corrected chi connectivity index (χ3v) is 2.44. The van der Waals surface area contributed by atoms with Crippen molar-refractivity contribution < 1.29 is 0 Å². The van der Waals surface area contributed by atoms with Crippen LogP contribution in [-0.2, 0) is 12.0 Å². The summed E-state index contributed by atoms with van der Waals surface area (Å²) in [7, 11) is 0. The number of rotatable bonds is 3. The summed E-state index contributed by atoms with van der Waals surface area (Å²) in [6, 6.07) is 0. The van der Waals surface area contributed by atoms with Gasteiger partial charge >= 0.3 is 0 Å². The molecule has 1 rings (SSSR count). The van der Waals surface area contributed by atoms with E-state index in [2.05, 4.69) is 42.5 Å². The molecule has 1 aromatic heterocycles. The summed E-state index contributed by atoms with van der Waals surface area (Å²) >= 11 is 5.22. The van der Waals surface area contributed by atoms with Gasteiger partial charge in [0, 0.05) is 12.0 Å². The van der Waals surface area contributed by atoms with Crippen LogP contribution in [0.2, 0.25) is 0 Å². The molecule has 0 aromatic carbocycles. The quantitative estimate of drug-likeness (QED) is 0.783. The number of nitrogens with zero attached hydrogens (tertiary/aromatic N) is 2. The highest BCUT2D eigenvalue weighted by molar-refractivity contribution is 7.71. The molecule has 14 heavy (non-hydrogen) atoms. The lowest BCUT2D eigenvalue weighted by Crippen LogP contribution is -2.24. The van der Waals surface area contributed by atoms with E-state index in [0.29, 0.717) is 0 Å². The largest absolute Gasteiger partial charge is 0.299 e. The van der Waals surface area contributed by atoms with E-state index in [1.54, 1.807) is 0 Å². The maximum absolute atomic E-state index is 5.22. The lowest BCUT2D eigenvalue weighted by Gasteiger charge is -2.22. The molecule has 0 aliphatic heterocycles. The van der Waals surface area contributed by atoms with E-state index < -0.39 is 0 Å². The zero-order chi connectivity index (χ0) is 10.8. The molecule has 0 unspecified atom stereocenters. The van der Waals surface area contributed by atoms with Gasteiger partial charge in [-0.3, -0.25) is 9.67 Å². The molecule has 0 aliphatic carbocycles. The first-order chi connectivity index (χ1) is 6.46. The molecule has 0 atom stereocenters. The third kappa shape index (κ3) is 2.44. The van der Waals surface area contributed by atoms with Gasteiger partial charge in [-0.05, 0) is 39.4 Å². The van der Waals surface area contributed by atoms with Crippen molar-refractivity contribution in [1.29, 1.82) is 0 Å². The summed E-state index contributed by atoms with van der Waals surface area (Å²) in [6.07, 6.45) is 3.35. The predicted octanol–water partition coefficient (Wildman–Crippen LogP) is 3.04. The van der Waals surface area contributed by atoms with Gasteiger partial charge in [0.25, 0.3) is 0 Å². The van der Waals surface area contributed by atoms with Crippen molar-refractivity contribution in [2.45, 2.75) is 52.5 Å². The van der Waals surface area contributed by atoms with Crippen LogP contribution in [-0.4, -0.2) is 14.8 Å². The molecule has 3 nitrogen and oxygen atoms in total. The van der Waals surface area contributed by atoms with Gasteiger partial charge in [-0.2, -0.15) is 5.10 Å². The summed E-state index contributed by atoms with van der Waals surface area (Å²) in [4.78, 5) is 0. The van der Waals surface area contributed by atoms with Gasteiger partial charge in [-0.25, -0.2) is 0 Å². The molecule has 0 aliphatic rings. The van der Waals surface area contributed by atoms with E-state index >= 15 is 0 Å². The number of aromatic nitrogens is 3. The van der Waals surface area contributed by atoms with E-state index in [-0.39, 0.29) is 5.54 Å². The first kappa shape index (κ1) is 11.4. The number of nitrogens with one attached hydrogen (secondary N) is 1. The monoisotopic (exact) mass is 213 g/mol. The molecule has 0 amide bonds. The van der Waals surface area contributed by atoms with Crippen LogP contribution in [0.5, 0.6) is 0 Å². The Morgan fingerprint density at radius 3 is 2.57 bits per heavy atom. The standard InChI is InChI=1S/C10H19N3S/c1-5-6-7-8-11-12-9(14)13(8)10(2,3)4/h5-7H2,1-4H3,(H,12,14). The van der Waals surface area contributed by atoms with E-state index in [1.165, 1.54) is 6.42 Å². The number of hydrogen-bond acceptors (Lipinski definition) is 2. The molecule has 0 radical (unpaired) electrons. The molecule has 0 bridgehead atoms. The van der Waals surface area contributed by atoms with Crippen molar-refractivity contribution in [2.75, 3.05) is 0 Å². The SMILES string of the molecule is CCCCc1n[nH]c(=S)n1C(C)(C)C. The topological polar surface area (TPSA) is 33.6 Å². The van der Waals surface area contributed by atoms with Crippen LogP contribution in [0, 0.1) is 4.77 Å². The fourth-order valence-corrected chi connectivity index (χ4v) is 1.95. The molecule has 0 saturated heterocycles. The fourth-order valence-electron chi connectivity index (χ4n) is 1.52. The molecule has 0 spiro atoms. The van der Waals surface area contributed by atoms with Gasteiger partial charge in [-0.15, -0.1) is 0 Å². The van der Waals surface area contributed by atoms with Crippen molar-refractivity contribution >= 4 is 12.2 Å². The zero-order valence-electron chi connectivity index (χ0n) is 9.42. The molecule has 0 saturated carbocycles. The Morgan fingerprint density at radius 1 is 1.43 bits per heavy atom. The highest BCUT2D eigenvalue weighted by atomic mass is 32.1. The molecule has 80 valence electrons. The van der Waals surface area contributed by atoms with Crippen molar-refractivity contribution in [3.8, 4) is 0 Å². The number of unbranched alkanes of at least 4 members (excludes halogenated alkanes) is 1.